The summed E-state index contributed by atoms with van der Waals surface area (Å²) in [7, 11) is 1.50. The van der Waals surface area contributed by atoms with Crippen LogP contribution < -0.4 is 5.73 Å². The van der Waals surface area contributed by atoms with Gasteiger partial charge in [0.2, 0.25) is 0 Å². The number of halogens is 1. The van der Waals surface area contributed by atoms with E-state index in [1.807, 2.05) is 43.2 Å². The Morgan fingerprint density at radius 3 is 2.28 bits per heavy atom. The maximum Gasteiger partial charge on any atom is 0.303 e. The lowest BCUT2D eigenvalue weighted by Crippen LogP contribution is -2.50. The van der Waals surface area contributed by atoms with E-state index in [4.69, 9.17) is 14.9 Å². The third-order valence-corrected chi connectivity index (χ3v) is 7.76. The number of aliphatic carboxylic acids is 1. The zero-order valence-electron chi connectivity index (χ0n) is 23.4. The number of rotatable bonds is 9. The Balaban J connectivity index is 0.00000127. The average Bonchev–Trinajstić information content (AvgIpc) is 3.22. The van der Waals surface area contributed by atoms with Gasteiger partial charge in [-0.2, -0.15) is 0 Å². The van der Waals surface area contributed by atoms with E-state index in [0.29, 0.717) is 18.1 Å². The zero-order valence-corrected chi connectivity index (χ0v) is 25.0. The molecule has 0 bridgehead atoms. The fourth-order valence-corrected chi connectivity index (χ4v) is 5.83. The van der Waals surface area contributed by atoms with Gasteiger partial charge >= 0.3 is 5.97 Å². The maximum absolute atomic E-state index is 14.1. The first kappa shape index (κ1) is 32.4. The van der Waals surface area contributed by atoms with Crippen molar-refractivity contribution in [1.82, 2.24) is 4.90 Å². The Morgan fingerprint density at radius 2 is 1.72 bits per heavy atom. The molecule has 0 aromatic heterocycles. The summed E-state index contributed by atoms with van der Waals surface area (Å²) in [6.45, 7) is 6.44. The second-order valence-electron chi connectivity index (χ2n) is 10.3. The lowest BCUT2D eigenvalue weighted by molar-refractivity contribution is -0.137. The topological polar surface area (TPSA) is 113 Å². The highest BCUT2D eigenvalue weighted by atomic mass is 79.9. The summed E-state index contributed by atoms with van der Waals surface area (Å²) in [5.41, 5.74) is 7.55. The summed E-state index contributed by atoms with van der Waals surface area (Å²) in [5, 5.41) is 9.03. The number of nitrogens with zero attached hydrogens (tertiary/aromatic N) is 2. The van der Waals surface area contributed by atoms with Crippen LogP contribution in [0.1, 0.15) is 87.9 Å². The molecule has 0 saturated heterocycles. The number of benzene rings is 2. The van der Waals surface area contributed by atoms with E-state index < -0.39 is 11.6 Å². The molecule has 39 heavy (non-hydrogen) atoms. The fraction of sp³-hybridized carbons (Fsp3) is 0.484. The third-order valence-electron chi connectivity index (χ3n) is 7.26. The summed E-state index contributed by atoms with van der Waals surface area (Å²) < 4.78 is 0.940. The van der Waals surface area contributed by atoms with E-state index in [-0.39, 0.29) is 18.4 Å². The number of aryl methyl sites for hydroxylation is 1. The van der Waals surface area contributed by atoms with Gasteiger partial charge in [-0.3, -0.25) is 14.6 Å². The molecule has 2 aliphatic rings. The molecule has 1 fully saturated rings. The predicted molar refractivity (Wildman–Crippen MR) is 160 cm³/mol. The van der Waals surface area contributed by atoms with Crippen LogP contribution in [0, 0.1) is 5.92 Å². The van der Waals surface area contributed by atoms with Gasteiger partial charge in [-0.05, 0) is 81.2 Å². The Bertz CT molecular complexity index is 1110. The van der Waals surface area contributed by atoms with Gasteiger partial charge in [0.25, 0.3) is 5.91 Å². The maximum atomic E-state index is 14.1. The molecule has 7 nitrogen and oxygen atoms in total. The molecule has 1 saturated carbocycles. The van der Waals surface area contributed by atoms with Crippen molar-refractivity contribution in [3.8, 4) is 0 Å². The fourth-order valence-electron chi connectivity index (χ4n) is 5.43. The number of amides is 1. The van der Waals surface area contributed by atoms with Gasteiger partial charge in [0.05, 0.1) is 6.04 Å². The van der Waals surface area contributed by atoms with Gasteiger partial charge in [-0.1, -0.05) is 72.6 Å². The summed E-state index contributed by atoms with van der Waals surface area (Å²) in [6.07, 6.45) is 7.63. The van der Waals surface area contributed by atoms with E-state index in [2.05, 4.69) is 52.5 Å². The molecular weight excluding hydrogens is 558 g/mol. The Morgan fingerprint density at radius 1 is 1.08 bits per heavy atom. The van der Waals surface area contributed by atoms with Crippen molar-refractivity contribution in [3.05, 3.63) is 69.7 Å². The van der Waals surface area contributed by atoms with Gasteiger partial charge in [0.1, 0.15) is 18.2 Å². The molecule has 2 aromatic carbocycles. The van der Waals surface area contributed by atoms with Gasteiger partial charge < -0.3 is 20.5 Å². The number of hydrogen-bond donors (Lipinski definition) is 2. The van der Waals surface area contributed by atoms with Crippen LogP contribution in [-0.4, -0.2) is 47.1 Å². The molecule has 1 unspecified atom stereocenters. The first-order valence-electron chi connectivity index (χ1n) is 13.7. The van der Waals surface area contributed by atoms with E-state index in [0.717, 1.165) is 59.7 Å². The van der Waals surface area contributed by atoms with E-state index >= 15 is 0 Å². The largest absolute Gasteiger partial charge is 0.481 e. The highest BCUT2D eigenvalue weighted by molar-refractivity contribution is 9.10. The Kier molecular flexibility index (Phi) is 13.0. The van der Waals surface area contributed by atoms with Crippen LogP contribution in [0.5, 0.6) is 0 Å². The van der Waals surface area contributed by atoms with Crippen molar-refractivity contribution in [3.63, 3.8) is 0 Å². The SMILES string of the molecule is C=O.CC(C)CCC(c1ccc(CCC(=O)O)cc1)N1C(=O)C(c2cccc(Br)c2)=NC12CCCCC2.CN. The minimum Gasteiger partial charge on any atom is -0.481 e. The summed E-state index contributed by atoms with van der Waals surface area (Å²) in [5.74, 6) is -0.241. The quantitative estimate of drug-likeness (QED) is 0.350. The number of carbonyl (C=O) groups is 3. The summed E-state index contributed by atoms with van der Waals surface area (Å²) in [4.78, 5) is 40.4. The number of carbonyl (C=O) groups excluding carboxylic acids is 2. The first-order valence-corrected chi connectivity index (χ1v) is 14.4. The number of nitrogens with two attached hydrogens (primary N) is 1. The molecule has 1 aliphatic carbocycles. The molecule has 1 aliphatic heterocycles. The minimum absolute atomic E-state index is 0.0220. The molecular formula is C31H42BrN3O4. The number of hydrogen-bond acceptors (Lipinski definition) is 5. The highest BCUT2D eigenvalue weighted by Crippen LogP contribution is 2.46. The lowest BCUT2D eigenvalue weighted by atomic mass is 9.85. The molecule has 8 heteroatoms. The standard InChI is InChI=1S/C29H35BrN2O3.CH5N.CH2O/c1-20(2)9-15-25(22-13-10-21(11-14-22)12-16-26(33)34)32-28(35)27(23-7-6-8-24(30)19-23)31-29(32)17-4-3-5-18-29;2*1-2/h6-8,10-11,13-14,19-20,25H,3-5,9,12,15-18H2,1-2H3,(H,33,34);2H2,1H3;1H2. The molecule has 1 heterocycles. The molecule has 3 N–H and O–H groups in total. The van der Waals surface area contributed by atoms with Crippen LogP contribution in [0.15, 0.2) is 58.0 Å². The normalized spacial score (nSPS) is 16.6. The van der Waals surface area contributed by atoms with Crippen LogP contribution in [-0.2, 0) is 20.8 Å². The average molecular weight is 601 g/mol. The molecule has 1 spiro atoms. The van der Waals surface area contributed by atoms with Crippen molar-refractivity contribution in [2.45, 2.75) is 83.3 Å². The van der Waals surface area contributed by atoms with Crippen molar-refractivity contribution in [2.24, 2.45) is 16.6 Å². The molecule has 4 rings (SSSR count). The monoisotopic (exact) mass is 599 g/mol. The van der Waals surface area contributed by atoms with Gasteiger partial charge in [-0.25, -0.2) is 0 Å². The van der Waals surface area contributed by atoms with Crippen LogP contribution >= 0.6 is 15.9 Å². The summed E-state index contributed by atoms with van der Waals surface area (Å²) >= 11 is 3.55. The van der Waals surface area contributed by atoms with Gasteiger partial charge in [0, 0.05) is 16.5 Å². The molecule has 0 radical (unpaired) electrons. The first-order chi connectivity index (χ1) is 18.8. The molecule has 212 valence electrons. The number of carboxylic acids is 1. The molecule has 1 amide bonds. The van der Waals surface area contributed by atoms with Crippen molar-refractivity contribution in [2.75, 3.05) is 7.05 Å². The smallest absolute Gasteiger partial charge is 0.303 e. The minimum atomic E-state index is -0.789. The van der Waals surface area contributed by atoms with Gasteiger partial charge in [0.15, 0.2) is 0 Å². The van der Waals surface area contributed by atoms with Crippen LogP contribution in [0.25, 0.3) is 0 Å². The Labute approximate surface area is 241 Å². The third kappa shape index (κ3) is 8.32. The van der Waals surface area contributed by atoms with Crippen LogP contribution in [0.2, 0.25) is 0 Å². The lowest BCUT2D eigenvalue weighted by Gasteiger charge is -2.44. The molecule has 1 atom stereocenters. The van der Waals surface area contributed by atoms with E-state index in [9.17, 15) is 9.59 Å². The second kappa shape index (κ2) is 15.7. The Hall–Kier alpha value is -2.84. The number of aliphatic imine (C=N–C) groups is 1. The van der Waals surface area contributed by atoms with Crippen LogP contribution in [0.4, 0.5) is 0 Å². The molecule has 2 aromatic rings. The van der Waals surface area contributed by atoms with Crippen molar-refractivity contribution in [1.29, 1.82) is 0 Å². The highest BCUT2D eigenvalue weighted by Gasteiger charge is 2.50. The zero-order chi connectivity index (χ0) is 29.0. The van der Waals surface area contributed by atoms with E-state index in [1.54, 1.807) is 0 Å². The van der Waals surface area contributed by atoms with Crippen LogP contribution in [0.3, 0.4) is 0 Å². The number of carboxylic acid groups (broad SMARTS) is 1. The van der Waals surface area contributed by atoms with Crippen molar-refractivity contribution >= 4 is 40.3 Å². The van der Waals surface area contributed by atoms with Crippen molar-refractivity contribution < 1.29 is 19.5 Å². The van der Waals surface area contributed by atoms with E-state index in [1.165, 1.54) is 13.5 Å². The summed E-state index contributed by atoms with van der Waals surface area (Å²) in [6, 6.07) is 16.0. The van der Waals surface area contributed by atoms with Gasteiger partial charge in [-0.15, -0.1) is 0 Å². The second-order valence-corrected chi connectivity index (χ2v) is 11.2. The predicted octanol–water partition coefficient (Wildman–Crippen LogP) is 6.33.